The van der Waals surface area contributed by atoms with Crippen molar-refractivity contribution in [3.05, 3.63) is 29.3 Å². The number of ether oxygens (including phenoxy) is 1. The summed E-state index contributed by atoms with van der Waals surface area (Å²) >= 11 is 1.59. The summed E-state index contributed by atoms with van der Waals surface area (Å²) in [4.78, 5) is 13.3. The molecule has 0 aliphatic heterocycles. The molecule has 1 aliphatic rings. The molecule has 0 spiro atoms. The highest BCUT2D eigenvalue weighted by atomic mass is 32.2. The average molecular weight is 330 g/mol. The molecule has 1 aliphatic carbocycles. The molecule has 1 aromatic carbocycles. The summed E-state index contributed by atoms with van der Waals surface area (Å²) in [7, 11) is 1.61. The van der Waals surface area contributed by atoms with Crippen LogP contribution in [0.2, 0.25) is 0 Å². The summed E-state index contributed by atoms with van der Waals surface area (Å²) in [6, 6.07) is 7.87. The topological polar surface area (TPSA) is 62.1 Å². The molecule has 0 heterocycles. The molecule has 2 rings (SSSR count). The van der Waals surface area contributed by atoms with E-state index in [9.17, 15) is 10.1 Å². The maximum Gasteiger partial charge on any atom is 0.262 e. The van der Waals surface area contributed by atoms with Crippen molar-refractivity contribution < 1.29 is 9.53 Å². The number of nitrogens with one attached hydrogen (secondary N) is 1. The van der Waals surface area contributed by atoms with Crippen molar-refractivity contribution in [2.45, 2.75) is 43.0 Å². The zero-order chi connectivity index (χ0) is 16.7. The Hall–Kier alpha value is -1.93. The first-order valence-corrected chi connectivity index (χ1v) is 9.05. The SMILES string of the molecule is COc1cc(/C=C(/C#N)C(=O)NC2CCCCC2)ccc1SC. The molecule has 0 radical (unpaired) electrons. The predicted molar refractivity (Wildman–Crippen MR) is 93.4 cm³/mol. The number of methoxy groups -OCH3 is 1. The highest BCUT2D eigenvalue weighted by molar-refractivity contribution is 7.98. The minimum absolute atomic E-state index is 0.134. The van der Waals surface area contributed by atoms with Gasteiger partial charge in [-0.2, -0.15) is 5.26 Å². The van der Waals surface area contributed by atoms with E-state index in [1.165, 1.54) is 6.42 Å². The maximum atomic E-state index is 12.3. The molecule has 122 valence electrons. The Balaban J connectivity index is 2.14. The van der Waals surface area contributed by atoms with Gasteiger partial charge in [0.05, 0.1) is 7.11 Å². The van der Waals surface area contributed by atoms with E-state index in [4.69, 9.17) is 4.74 Å². The van der Waals surface area contributed by atoms with Crippen molar-refractivity contribution in [3.8, 4) is 11.8 Å². The smallest absolute Gasteiger partial charge is 0.262 e. The number of hydrogen-bond acceptors (Lipinski definition) is 4. The normalized spacial score (nSPS) is 15.8. The fraction of sp³-hybridized carbons (Fsp3) is 0.444. The van der Waals surface area contributed by atoms with Gasteiger partial charge < -0.3 is 10.1 Å². The number of carbonyl (C=O) groups excluding carboxylic acids is 1. The molecular formula is C18H22N2O2S. The quantitative estimate of drug-likeness (QED) is 0.507. The van der Waals surface area contributed by atoms with Crippen LogP contribution in [0.25, 0.3) is 6.08 Å². The van der Waals surface area contributed by atoms with E-state index in [0.717, 1.165) is 41.9 Å². The van der Waals surface area contributed by atoms with E-state index >= 15 is 0 Å². The van der Waals surface area contributed by atoms with E-state index in [-0.39, 0.29) is 17.5 Å². The van der Waals surface area contributed by atoms with Crippen LogP contribution in [0.1, 0.15) is 37.7 Å². The number of benzene rings is 1. The molecule has 1 saturated carbocycles. The molecule has 4 nitrogen and oxygen atoms in total. The second kappa shape index (κ2) is 8.64. The standard InChI is InChI=1S/C18H22N2O2S/c1-22-16-11-13(8-9-17(16)23-2)10-14(12-19)18(21)20-15-6-4-3-5-7-15/h8-11,15H,3-7H2,1-2H3,(H,20,21)/b14-10-. The van der Waals surface area contributed by atoms with Crippen LogP contribution in [0.3, 0.4) is 0 Å². The second-order valence-electron chi connectivity index (χ2n) is 5.59. The number of amides is 1. The molecule has 0 atom stereocenters. The van der Waals surface area contributed by atoms with Crippen LogP contribution in [0.4, 0.5) is 0 Å². The molecular weight excluding hydrogens is 308 g/mol. The number of thioether (sulfide) groups is 1. The van der Waals surface area contributed by atoms with Crippen LogP contribution >= 0.6 is 11.8 Å². The highest BCUT2D eigenvalue weighted by Gasteiger charge is 2.18. The molecule has 1 aromatic rings. The first kappa shape index (κ1) is 17.4. The zero-order valence-corrected chi connectivity index (χ0v) is 14.4. The lowest BCUT2D eigenvalue weighted by Crippen LogP contribution is -2.36. The lowest BCUT2D eigenvalue weighted by atomic mass is 9.95. The van der Waals surface area contributed by atoms with E-state index < -0.39 is 0 Å². The first-order chi connectivity index (χ1) is 11.2. The maximum absolute atomic E-state index is 12.3. The van der Waals surface area contributed by atoms with Crippen molar-refractivity contribution in [2.24, 2.45) is 0 Å². The minimum Gasteiger partial charge on any atom is -0.496 e. The highest BCUT2D eigenvalue weighted by Crippen LogP contribution is 2.29. The summed E-state index contributed by atoms with van der Waals surface area (Å²) < 4.78 is 5.34. The lowest BCUT2D eigenvalue weighted by Gasteiger charge is -2.22. The fourth-order valence-corrected chi connectivity index (χ4v) is 3.32. The largest absolute Gasteiger partial charge is 0.496 e. The monoisotopic (exact) mass is 330 g/mol. The molecule has 0 aromatic heterocycles. The van der Waals surface area contributed by atoms with Gasteiger partial charge in [-0.05, 0) is 42.9 Å². The van der Waals surface area contributed by atoms with Gasteiger partial charge in [0.2, 0.25) is 0 Å². The van der Waals surface area contributed by atoms with Crippen LogP contribution < -0.4 is 10.1 Å². The molecule has 0 unspecified atom stereocenters. The van der Waals surface area contributed by atoms with Gasteiger partial charge in [0.25, 0.3) is 5.91 Å². The number of nitrogens with zero attached hydrogens (tertiary/aromatic N) is 1. The van der Waals surface area contributed by atoms with Crippen LogP contribution in [0, 0.1) is 11.3 Å². The van der Waals surface area contributed by atoms with Gasteiger partial charge in [-0.3, -0.25) is 4.79 Å². The average Bonchev–Trinajstić information content (AvgIpc) is 2.60. The van der Waals surface area contributed by atoms with Gasteiger partial charge in [0, 0.05) is 10.9 Å². The predicted octanol–water partition coefficient (Wildman–Crippen LogP) is 3.77. The summed E-state index contributed by atoms with van der Waals surface area (Å²) in [5, 5.41) is 12.3. The Morgan fingerprint density at radius 2 is 2.13 bits per heavy atom. The molecule has 23 heavy (non-hydrogen) atoms. The van der Waals surface area contributed by atoms with E-state index in [1.807, 2.05) is 30.5 Å². The third-order valence-corrected chi connectivity index (χ3v) is 4.80. The van der Waals surface area contributed by atoms with E-state index in [2.05, 4.69) is 5.32 Å². The Labute approximate surface area is 141 Å². The Bertz CT molecular complexity index is 628. The zero-order valence-electron chi connectivity index (χ0n) is 13.6. The van der Waals surface area contributed by atoms with Crippen molar-refractivity contribution in [3.63, 3.8) is 0 Å². The number of nitriles is 1. The van der Waals surface area contributed by atoms with Crippen LogP contribution in [0.15, 0.2) is 28.7 Å². The third-order valence-electron chi connectivity index (χ3n) is 4.02. The Kier molecular flexibility index (Phi) is 6.54. The van der Waals surface area contributed by atoms with Crippen molar-refractivity contribution in [1.29, 1.82) is 5.26 Å². The fourth-order valence-electron chi connectivity index (χ4n) is 2.77. The van der Waals surface area contributed by atoms with Crippen LogP contribution in [-0.2, 0) is 4.79 Å². The number of carbonyl (C=O) groups is 1. The first-order valence-electron chi connectivity index (χ1n) is 7.82. The van der Waals surface area contributed by atoms with Crippen molar-refractivity contribution in [1.82, 2.24) is 5.32 Å². The van der Waals surface area contributed by atoms with E-state index in [1.54, 1.807) is 24.9 Å². The van der Waals surface area contributed by atoms with Crippen LogP contribution in [-0.4, -0.2) is 25.3 Å². The second-order valence-corrected chi connectivity index (χ2v) is 6.44. The molecule has 1 fully saturated rings. The van der Waals surface area contributed by atoms with Crippen LogP contribution in [0.5, 0.6) is 5.75 Å². The number of rotatable bonds is 5. The molecule has 0 bridgehead atoms. The van der Waals surface area contributed by atoms with Gasteiger partial charge in [-0.1, -0.05) is 25.3 Å². The van der Waals surface area contributed by atoms with Gasteiger partial charge in [0.15, 0.2) is 0 Å². The molecule has 1 N–H and O–H groups in total. The molecule has 1 amide bonds. The van der Waals surface area contributed by atoms with Gasteiger partial charge in [-0.25, -0.2) is 0 Å². The summed E-state index contributed by atoms with van der Waals surface area (Å²) in [6.07, 6.45) is 9.11. The summed E-state index contributed by atoms with van der Waals surface area (Å²) in [5.41, 5.74) is 0.921. The lowest BCUT2D eigenvalue weighted by molar-refractivity contribution is -0.117. The number of hydrogen-bond donors (Lipinski definition) is 1. The summed E-state index contributed by atoms with van der Waals surface area (Å²) in [6.45, 7) is 0. The molecule has 5 heteroatoms. The summed E-state index contributed by atoms with van der Waals surface area (Å²) in [5.74, 6) is 0.462. The van der Waals surface area contributed by atoms with Crippen molar-refractivity contribution >= 4 is 23.7 Å². The molecule has 0 saturated heterocycles. The van der Waals surface area contributed by atoms with Gasteiger partial charge in [0.1, 0.15) is 17.4 Å². The van der Waals surface area contributed by atoms with Crippen molar-refractivity contribution in [2.75, 3.05) is 13.4 Å². The Morgan fingerprint density at radius 3 is 2.74 bits per heavy atom. The Morgan fingerprint density at radius 1 is 1.39 bits per heavy atom. The third kappa shape index (κ3) is 4.77. The minimum atomic E-state index is -0.285. The van der Waals surface area contributed by atoms with Gasteiger partial charge >= 0.3 is 0 Å². The van der Waals surface area contributed by atoms with Gasteiger partial charge in [-0.15, -0.1) is 11.8 Å². The van der Waals surface area contributed by atoms with E-state index in [0.29, 0.717) is 0 Å².